The van der Waals surface area contributed by atoms with Crippen molar-refractivity contribution in [3.63, 3.8) is 0 Å². The highest BCUT2D eigenvalue weighted by Crippen LogP contribution is 2.22. The average molecular weight is 304 g/mol. The van der Waals surface area contributed by atoms with Gasteiger partial charge in [-0.25, -0.2) is 9.37 Å². The van der Waals surface area contributed by atoms with Crippen LogP contribution in [0, 0.1) is 5.82 Å². The van der Waals surface area contributed by atoms with Crippen molar-refractivity contribution >= 4 is 5.97 Å². The fourth-order valence-electron chi connectivity index (χ4n) is 2.77. The normalized spacial score (nSPS) is 19.2. The quantitative estimate of drug-likeness (QED) is 0.940. The lowest BCUT2D eigenvalue weighted by molar-refractivity contribution is -0.144. The van der Waals surface area contributed by atoms with Crippen molar-refractivity contribution in [2.45, 2.75) is 31.8 Å². The van der Waals surface area contributed by atoms with Crippen molar-refractivity contribution in [2.75, 3.05) is 6.54 Å². The maximum absolute atomic E-state index is 12.9. The predicted octanol–water partition coefficient (Wildman–Crippen LogP) is 2.92. The number of carbonyl (C=O) groups is 1. The van der Waals surface area contributed by atoms with E-state index >= 15 is 0 Å². The maximum Gasteiger partial charge on any atom is 0.320 e. The van der Waals surface area contributed by atoms with Gasteiger partial charge in [0.25, 0.3) is 0 Å². The van der Waals surface area contributed by atoms with Gasteiger partial charge in [-0.1, -0.05) is 6.42 Å². The van der Waals surface area contributed by atoms with E-state index in [1.54, 1.807) is 12.1 Å². The molecule has 1 atom stereocenters. The molecular formula is C16H17FN2O3. The van der Waals surface area contributed by atoms with Crippen molar-refractivity contribution in [3.8, 4) is 11.5 Å². The maximum atomic E-state index is 12.9. The summed E-state index contributed by atoms with van der Waals surface area (Å²) in [4.78, 5) is 17.6. The van der Waals surface area contributed by atoms with Crippen LogP contribution in [0.1, 0.15) is 25.0 Å². The smallest absolute Gasteiger partial charge is 0.320 e. The van der Waals surface area contributed by atoms with Gasteiger partial charge < -0.3 is 9.52 Å². The van der Waals surface area contributed by atoms with Gasteiger partial charge in [-0.15, -0.1) is 0 Å². The van der Waals surface area contributed by atoms with Crippen molar-refractivity contribution in [1.82, 2.24) is 9.88 Å². The number of benzene rings is 1. The number of piperidine rings is 1. The minimum absolute atomic E-state index is 0.312. The third-order valence-corrected chi connectivity index (χ3v) is 3.91. The van der Waals surface area contributed by atoms with Crippen molar-refractivity contribution < 1.29 is 18.7 Å². The molecule has 0 radical (unpaired) electrons. The van der Waals surface area contributed by atoms with E-state index in [0.29, 0.717) is 30.1 Å². The number of carboxylic acids is 1. The van der Waals surface area contributed by atoms with Crippen LogP contribution in [-0.2, 0) is 11.3 Å². The van der Waals surface area contributed by atoms with Crippen LogP contribution in [0.5, 0.6) is 0 Å². The largest absolute Gasteiger partial charge is 0.480 e. The van der Waals surface area contributed by atoms with Gasteiger partial charge in [0.05, 0.1) is 5.69 Å². The van der Waals surface area contributed by atoms with E-state index in [-0.39, 0.29) is 5.82 Å². The van der Waals surface area contributed by atoms with Gasteiger partial charge in [0.2, 0.25) is 5.89 Å². The highest BCUT2D eigenvalue weighted by atomic mass is 19.1. The van der Waals surface area contributed by atoms with Gasteiger partial charge >= 0.3 is 5.97 Å². The number of oxazole rings is 1. The summed E-state index contributed by atoms with van der Waals surface area (Å²) in [6.07, 6.45) is 4.13. The van der Waals surface area contributed by atoms with Crippen LogP contribution in [0.3, 0.4) is 0 Å². The van der Waals surface area contributed by atoms with Crippen molar-refractivity contribution in [1.29, 1.82) is 0 Å². The van der Waals surface area contributed by atoms with Crippen LogP contribution in [0.15, 0.2) is 34.9 Å². The summed E-state index contributed by atoms with van der Waals surface area (Å²) in [6, 6.07) is 5.45. The summed E-state index contributed by atoms with van der Waals surface area (Å²) in [5.41, 5.74) is 1.38. The lowest BCUT2D eigenvalue weighted by atomic mass is 10.0. The summed E-state index contributed by atoms with van der Waals surface area (Å²) < 4.78 is 18.3. The molecule has 1 fully saturated rings. The van der Waals surface area contributed by atoms with Crippen LogP contribution in [0.2, 0.25) is 0 Å². The molecule has 1 aliphatic rings. The Kier molecular flexibility index (Phi) is 4.20. The first-order chi connectivity index (χ1) is 10.6. The molecule has 22 heavy (non-hydrogen) atoms. The fraction of sp³-hybridized carbons (Fsp3) is 0.375. The molecule has 2 aromatic rings. The molecule has 0 spiro atoms. The fourth-order valence-corrected chi connectivity index (χ4v) is 2.77. The number of hydrogen-bond acceptors (Lipinski definition) is 4. The highest BCUT2D eigenvalue weighted by Gasteiger charge is 2.28. The average Bonchev–Trinajstić information content (AvgIpc) is 2.97. The molecule has 1 aromatic carbocycles. The summed E-state index contributed by atoms with van der Waals surface area (Å²) in [5, 5.41) is 9.27. The number of aliphatic carboxylic acids is 1. The van der Waals surface area contributed by atoms with Gasteiger partial charge in [-0.05, 0) is 43.7 Å². The van der Waals surface area contributed by atoms with E-state index in [2.05, 4.69) is 4.98 Å². The van der Waals surface area contributed by atoms with Crippen molar-refractivity contribution in [2.24, 2.45) is 0 Å². The topological polar surface area (TPSA) is 66.6 Å². The van der Waals surface area contributed by atoms with Crippen LogP contribution < -0.4 is 0 Å². The van der Waals surface area contributed by atoms with Gasteiger partial charge in [-0.3, -0.25) is 9.69 Å². The number of hydrogen-bond donors (Lipinski definition) is 1. The molecule has 0 bridgehead atoms. The summed E-state index contributed by atoms with van der Waals surface area (Å²) in [7, 11) is 0. The second-order valence-corrected chi connectivity index (χ2v) is 5.47. The summed E-state index contributed by atoms with van der Waals surface area (Å²) in [6.45, 7) is 1.19. The second-order valence-electron chi connectivity index (χ2n) is 5.47. The number of halogens is 1. The molecular weight excluding hydrogens is 287 g/mol. The zero-order valence-electron chi connectivity index (χ0n) is 12.0. The van der Waals surface area contributed by atoms with E-state index < -0.39 is 12.0 Å². The standard InChI is InChI=1S/C16H17FN2O3/c17-12-6-4-11(5-7-12)15-18-13(10-22-15)9-19-8-2-1-3-14(19)16(20)21/h4-7,10,14H,1-3,8-9H2,(H,20,21). The van der Waals surface area contributed by atoms with Crippen molar-refractivity contribution in [3.05, 3.63) is 42.0 Å². The summed E-state index contributed by atoms with van der Waals surface area (Å²) >= 11 is 0. The Labute approximate surface area is 127 Å². The highest BCUT2D eigenvalue weighted by molar-refractivity contribution is 5.73. The Hall–Kier alpha value is -2.21. The molecule has 1 N–H and O–H groups in total. The van der Waals surface area contributed by atoms with Crippen LogP contribution in [0.25, 0.3) is 11.5 Å². The number of nitrogens with zero attached hydrogens (tertiary/aromatic N) is 2. The minimum Gasteiger partial charge on any atom is -0.480 e. The van der Waals surface area contributed by atoms with Gasteiger partial charge in [-0.2, -0.15) is 0 Å². The molecule has 0 aliphatic carbocycles. The molecule has 6 heteroatoms. The first-order valence-corrected chi connectivity index (χ1v) is 7.30. The van der Waals surface area contributed by atoms with Gasteiger partial charge in [0.15, 0.2) is 0 Å². The molecule has 1 saturated heterocycles. The van der Waals surface area contributed by atoms with E-state index in [1.165, 1.54) is 18.4 Å². The Morgan fingerprint density at radius 3 is 2.86 bits per heavy atom. The molecule has 0 amide bonds. The van der Waals surface area contributed by atoms with E-state index in [9.17, 15) is 14.3 Å². The Bertz CT molecular complexity index is 654. The van der Waals surface area contributed by atoms with Gasteiger partial charge in [0.1, 0.15) is 18.1 Å². The number of rotatable bonds is 4. The SMILES string of the molecule is O=C(O)C1CCCCN1Cc1coc(-c2ccc(F)cc2)n1. The lowest BCUT2D eigenvalue weighted by Gasteiger charge is -2.31. The zero-order valence-corrected chi connectivity index (χ0v) is 12.0. The Balaban J connectivity index is 1.73. The van der Waals surface area contributed by atoms with Gasteiger partial charge in [0, 0.05) is 12.1 Å². The minimum atomic E-state index is -0.790. The monoisotopic (exact) mass is 304 g/mol. The number of carboxylic acid groups (broad SMARTS) is 1. The second kappa shape index (κ2) is 6.27. The van der Waals surface area contributed by atoms with Crippen LogP contribution >= 0.6 is 0 Å². The molecule has 5 nitrogen and oxygen atoms in total. The third kappa shape index (κ3) is 3.17. The van der Waals surface area contributed by atoms with E-state index in [4.69, 9.17) is 4.42 Å². The molecule has 2 heterocycles. The van der Waals surface area contributed by atoms with Crippen LogP contribution in [-0.4, -0.2) is 33.5 Å². The summed E-state index contributed by atoms with van der Waals surface area (Å²) in [5.74, 6) is -0.686. The van der Waals surface area contributed by atoms with E-state index in [0.717, 1.165) is 19.4 Å². The Morgan fingerprint density at radius 1 is 1.36 bits per heavy atom. The Morgan fingerprint density at radius 2 is 2.14 bits per heavy atom. The predicted molar refractivity (Wildman–Crippen MR) is 77.6 cm³/mol. The first kappa shape index (κ1) is 14.7. The van der Waals surface area contributed by atoms with E-state index in [1.807, 2.05) is 4.90 Å². The molecule has 3 rings (SSSR count). The molecule has 1 unspecified atom stereocenters. The number of aromatic nitrogens is 1. The third-order valence-electron chi connectivity index (χ3n) is 3.91. The van der Waals surface area contributed by atoms with Crippen LogP contribution in [0.4, 0.5) is 4.39 Å². The lowest BCUT2D eigenvalue weighted by Crippen LogP contribution is -2.44. The first-order valence-electron chi connectivity index (χ1n) is 7.30. The molecule has 1 aromatic heterocycles. The zero-order chi connectivity index (χ0) is 15.5. The molecule has 116 valence electrons. The molecule has 0 saturated carbocycles. The molecule has 1 aliphatic heterocycles. The number of likely N-dealkylation sites (tertiary alicyclic amines) is 1.